The van der Waals surface area contributed by atoms with Gasteiger partial charge >= 0.3 is 6.09 Å². The van der Waals surface area contributed by atoms with Crippen molar-refractivity contribution in [3.63, 3.8) is 0 Å². The fraction of sp³-hybridized carbons (Fsp3) is 0.476. The highest BCUT2D eigenvalue weighted by Gasteiger charge is 2.29. The molecular weight excluding hydrogens is 373 g/mol. The fourth-order valence-electron chi connectivity index (χ4n) is 4.17. The third-order valence-electron chi connectivity index (χ3n) is 5.84. The van der Waals surface area contributed by atoms with Crippen molar-refractivity contribution >= 4 is 17.9 Å². The molecule has 1 aromatic heterocycles. The average molecular weight is 399 g/mol. The second-order valence-corrected chi connectivity index (χ2v) is 7.87. The quantitative estimate of drug-likeness (QED) is 0.852. The second kappa shape index (κ2) is 7.85. The van der Waals surface area contributed by atoms with Gasteiger partial charge in [0.15, 0.2) is 0 Å². The Morgan fingerprint density at radius 2 is 1.83 bits per heavy atom. The summed E-state index contributed by atoms with van der Waals surface area (Å²) < 4.78 is 13.4. The van der Waals surface area contributed by atoms with Gasteiger partial charge in [-0.2, -0.15) is 4.98 Å². The zero-order valence-corrected chi connectivity index (χ0v) is 16.8. The van der Waals surface area contributed by atoms with Crippen LogP contribution in [0.4, 0.5) is 21.0 Å². The summed E-state index contributed by atoms with van der Waals surface area (Å²) in [5.74, 6) is 1.18. The average Bonchev–Trinajstić information content (AvgIpc) is 3.14. The Balaban J connectivity index is 1.72. The third kappa shape index (κ3) is 3.97. The number of benzene rings is 1. The molecule has 0 aliphatic carbocycles. The SMILES string of the molecule is C[C@@H]1CN(C(=O)O)CCN1c1cc(-c2ccc(F)cc2)nc(N2CCC[C@H]2C)n1. The molecule has 1 amide bonds. The second-order valence-electron chi connectivity index (χ2n) is 7.87. The maximum Gasteiger partial charge on any atom is 0.407 e. The van der Waals surface area contributed by atoms with Crippen molar-refractivity contribution in [2.45, 2.75) is 38.8 Å². The van der Waals surface area contributed by atoms with Crippen LogP contribution in [0.1, 0.15) is 26.7 Å². The number of hydrogen-bond donors (Lipinski definition) is 1. The fourth-order valence-corrected chi connectivity index (χ4v) is 4.17. The Morgan fingerprint density at radius 1 is 1.07 bits per heavy atom. The van der Waals surface area contributed by atoms with E-state index in [2.05, 4.69) is 16.7 Å². The van der Waals surface area contributed by atoms with E-state index in [1.54, 1.807) is 12.1 Å². The summed E-state index contributed by atoms with van der Waals surface area (Å²) in [5, 5.41) is 9.29. The van der Waals surface area contributed by atoms with Crippen LogP contribution in [0.5, 0.6) is 0 Å². The first-order valence-electron chi connectivity index (χ1n) is 10.1. The zero-order valence-electron chi connectivity index (χ0n) is 16.8. The first-order valence-corrected chi connectivity index (χ1v) is 10.1. The highest BCUT2D eigenvalue weighted by atomic mass is 19.1. The lowest BCUT2D eigenvalue weighted by molar-refractivity contribution is 0.136. The molecule has 0 unspecified atom stereocenters. The van der Waals surface area contributed by atoms with E-state index < -0.39 is 6.09 Å². The van der Waals surface area contributed by atoms with Crippen molar-refractivity contribution in [2.24, 2.45) is 0 Å². The van der Waals surface area contributed by atoms with Gasteiger partial charge in [-0.05, 0) is 51.0 Å². The molecule has 1 aromatic carbocycles. The first-order chi connectivity index (χ1) is 13.9. The minimum atomic E-state index is -0.891. The van der Waals surface area contributed by atoms with E-state index in [9.17, 15) is 14.3 Å². The molecule has 2 fully saturated rings. The molecule has 1 N–H and O–H groups in total. The predicted octanol–water partition coefficient (Wildman–Crippen LogP) is 3.46. The van der Waals surface area contributed by atoms with Crippen LogP contribution in [0, 0.1) is 5.82 Å². The third-order valence-corrected chi connectivity index (χ3v) is 5.84. The van der Waals surface area contributed by atoms with Crippen molar-refractivity contribution in [1.29, 1.82) is 0 Å². The van der Waals surface area contributed by atoms with E-state index in [4.69, 9.17) is 9.97 Å². The highest BCUT2D eigenvalue weighted by molar-refractivity contribution is 5.67. The van der Waals surface area contributed by atoms with Crippen LogP contribution in [-0.2, 0) is 0 Å². The molecule has 3 heterocycles. The molecule has 0 bridgehead atoms. The largest absolute Gasteiger partial charge is 0.465 e. The molecular formula is C21H26FN5O2. The van der Waals surface area contributed by atoms with Gasteiger partial charge in [-0.1, -0.05) is 0 Å². The monoisotopic (exact) mass is 399 g/mol. The molecule has 0 saturated carbocycles. The van der Waals surface area contributed by atoms with E-state index in [0.717, 1.165) is 36.5 Å². The Kier molecular flexibility index (Phi) is 5.25. The number of carboxylic acid groups (broad SMARTS) is 1. The zero-order chi connectivity index (χ0) is 20.5. The number of piperazine rings is 1. The van der Waals surface area contributed by atoms with E-state index >= 15 is 0 Å². The Labute approximate surface area is 169 Å². The van der Waals surface area contributed by atoms with Crippen LogP contribution < -0.4 is 9.80 Å². The molecule has 2 aliphatic heterocycles. The summed E-state index contributed by atoms with van der Waals surface area (Å²) in [7, 11) is 0. The van der Waals surface area contributed by atoms with Crippen molar-refractivity contribution in [2.75, 3.05) is 36.0 Å². The van der Waals surface area contributed by atoms with Crippen LogP contribution in [0.2, 0.25) is 0 Å². The Morgan fingerprint density at radius 3 is 2.45 bits per heavy atom. The number of halogens is 1. The number of carbonyl (C=O) groups is 1. The van der Waals surface area contributed by atoms with Crippen LogP contribution in [-0.4, -0.2) is 64.3 Å². The summed E-state index contributed by atoms with van der Waals surface area (Å²) >= 11 is 0. The molecule has 0 spiro atoms. The number of amides is 1. The van der Waals surface area contributed by atoms with E-state index in [-0.39, 0.29) is 11.9 Å². The number of hydrogen-bond acceptors (Lipinski definition) is 5. The van der Waals surface area contributed by atoms with Gasteiger partial charge in [0.2, 0.25) is 5.95 Å². The minimum absolute atomic E-state index is 0.000306. The molecule has 7 nitrogen and oxygen atoms in total. The summed E-state index contributed by atoms with van der Waals surface area (Å²) in [6, 6.07) is 8.61. The molecule has 2 atom stereocenters. The Bertz CT molecular complexity index is 891. The maximum atomic E-state index is 13.4. The minimum Gasteiger partial charge on any atom is -0.465 e. The predicted molar refractivity (Wildman–Crippen MR) is 110 cm³/mol. The normalized spacial score (nSPS) is 22.2. The molecule has 29 heavy (non-hydrogen) atoms. The van der Waals surface area contributed by atoms with Crippen LogP contribution in [0.3, 0.4) is 0 Å². The molecule has 0 radical (unpaired) electrons. The molecule has 4 rings (SSSR count). The summed E-state index contributed by atoms with van der Waals surface area (Å²) in [4.78, 5) is 26.8. The van der Waals surface area contributed by atoms with Crippen molar-refractivity contribution < 1.29 is 14.3 Å². The smallest absolute Gasteiger partial charge is 0.407 e. The lowest BCUT2D eigenvalue weighted by Crippen LogP contribution is -2.53. The number of nitrogens with zero attached hydrogens (tertiary/aromatic N) is 5. The van der Waals surface area contributed by atoms with Gasteiger partial charge in [0, 0.05) is 49.9 Å². The summed E-state index contributed by atoms with van der Waals surface area (Å²) in [6.45, 7) is 6.53. The van der Waals surface area contributed by atoms with Gasteiger partial charge in [0.25, 0.3) is 0 Å². The van der Waals surface area contributed by atoms with E-state index in [1.165, 1.54) is 17.0 Å². The Hall–Kier alpha value is -2.90. The first kappa shape index (κ1) is 19.4. The maximum absolute atomic E-state index is 13.4. The molecule has 2 saturated heterocycles. The standard InChI is InChI=1S/C21H26FN5O2/c1-14-4-3-9-27(14)20-23-18(16-5-7-17(22)8-6-16)12-19(24-20)26-11-10-25(21(28)29)13-15(26)2/h5-8,12,14-15H,3-4,9-11,13H2,1-2H3,(H,28,29)/t14-,15-/m1/s1. The van der Waals surface area contributed by atoms with Crippen LogP contribution >= 0.6 is 0 Å². The van der Waals surface area contributed by atoms with Gasteiger partial charge in [-0.3, -0.25) is 0 Å². The van der Waals surface area contributed by atoms with Gasteiger partial charge in [0.1, 0.15) is 11.6 Å². The highest BCUT2D eigenvalue weighted by Crippen LogP contribution is 2.30. The van der Waals surface area contributed by atoms with E-state index in [1.807, 2.05) is 13.0 Å². The van der Waals surface area contributed by atoms with Gasteiger partial charge in [-0.15, -0.1) is 0 Å². The van der Waals surface area contributed by atoms with Crippen molar-refractivity contribution in [1.82, 2.24) is 14.9 Å². The van der Waals surface area contributed by atoms with Gasteiger partial charge < -0.3 is 19.8 Å². The van der Waals surface area contributed by atoms with Gasteiger partial charge in [0.05, 0.1) is 5.69 Å². The number of rotatable bonds is 3. The number of anilines is 2. The van der Waals surface area contributed by atoms with Crippen LogP contribution in [0.25, 0.3) is 11.3 Å². The summed E-state index contributed by atoms with van der Waals surface area (Å²) in [5.41, 5.74) is 1.58. The molecule has 154 valence electrons. The lowest BCUT2D eigenvalue weighted by Gasteiger charge is -2.39. The molecule has 2 aliphatic rings. The molecule has 2 aromatic rings. The van der Waals surface area contributed by atoms with E-state index in [0.29, 0.717) is 31.6 Å². The summed E-state index contributed by atoms with van der Waals surface area (Å²) in [6.07, 6.45) is 1.32. The topological polar surface area (TPSA) is 72.8 Å². The van der Waals surface area contributed by atoms with Crippen molar-refractivity contribution in [3.05, 3.63) is 36.1 Å². The molecule has 8 heteroatoms. The number of aromatic nitrogens is 2. The van der Waals surface area contributed by atoms with Crippen molar-refractivity contribution in [3.8, 4) is 11.3 Å². The van der Waals surface area contributed by atoms with Crippen LogP contribution in [0.15, 0.2) is 30.3 Å². The van der Waals surface area contributed by atoms with Gasteiger partial charge in [-0.25, -0.2) is 14.2 Å². The lowest BCUT2D eigenvalue weighted by atomic mass is 10.1.